The second-order valence-electron chi connectivity index (χ2n) is 6.62. The molecule has 0 amide bonds. The van der Waals surface area contributed by atoms with Crippen LogP contribution in [0, 0.1) is 10.6 Å². The van der Waals surface area contributed by atoms with Gasteiger partial charge >= 0.3 is 11.9 Å². The summed E-state index contributed by atoms with van der Waals surface area (Å²) in [6.07, 6.45) is -1.09. The minimum atomic E-state index is -2.50. The van der Waals surface area contributed by atoms with Crippen molar-refractivity contribution < 1.29 is 44.5 Å². The van der Waals surface area contributed by atoms with Crippen molar-refractivity contribution >= 4 is 28.6 Å². The van der Waals surface area contributed by atoms with Crippen LogP contribution >= 0.6 is 22.6 Å². The number of ether oxygens (including phenoxy) is 3. The van der Waals surface area contributed by atoms with E-state index < -0.39 is 46.2 Å². The average molecular weight is 467 g/mol. The predicted octanol–water partition coefficient (Wildman–Crippen LogP) is -0.165. The second-order valence-corrected chi connectivity index (χ2v) is 7.64. The van der Waals surface area contributed by atoms with Crippen molar-refractivity contribution in [3.63, 3.8) is 0 Å². The molecule has 4 bridgehead atoms. The molecule has 4 aliphatic rings. The number of aliphatic hydroxyl groups is 3. The average Bonchev–Trinajstić information content (AvgIpc) is 2.36. The van der Waals surface area contributed by atoms with Gasteiger partial charge in [0.05, 0.1) is 25.0 Å². The topological polar surface area (TPSA) is 159 Å². The van der Waals surface area contributed by atoms with Crippen LogP contribution in [0.15, 0.2) is 0 Å². The summed E-state index contributed by atoms with van der Waals surface area (Å²) >= 11 is 1.66. The molecule has 5 rings (SSSR count). The predicted molar refractivity (Wildman–Crippen MR) is 83.9 cm³/mol. The van der Waals surface area contributed by atoms with E-state index in [1.165, 1.54) is 6.92 Å². The first-order valence-electron chi connectivity index (χ1n) is 7.30. The number of halogens is 1. The van der Waals surface area contributed by atoms with Gasteiger partial charge in [-0.15, -0.1) is 0 Å². The minimum Gasteiger partial charge on any atom is -0.505 e. The van der Waals surface area contributed by atoms with E-state index in [9.17, 15) is 30.3 Å². The number of carboxylic acids is 1. The Morgan fingerprint density at radius 3 is 1.92 bits per heavy atom. The Labute approximate surface area is 154 Å². The smallest absolute Gasteiger partial charge is 0.339 e. The van der Waals surface area contributed by atoms with Gasteiger partial charge < -0.3 is 25.5 Å². The van der Waals surface area contributed by atoms with Crippen LogP contribution in [0.4, 0.5) is 0 Å². The zero-order chi connectivity index (χ0) is 18.4. The van der Waals surface area contributed by atoms with E-state index in [-0.39, 0.29) is 28.7 Å². The molecule has 0 unspecified atom stereocenters. The maximum atomic E-state index is 11.7. The number of pyridine rings is 1. The van der Waals surface area contributed by atoms with Crippen LogP contribution in [-0.4, -0.2) is 53.8 Å². The van der Waals surface area contributed by atoms with Crippen molar-refractivity contribution in [1.82, 2.24) is 4.98 Å². The van der Waals surface area contributed by atoms with Crippen LogP contribution in [0.3, 0.4) is 0 Å². The molecule has 136 valence electrons. The monoisotopic (exact) mass is 467 g/mol. The Kier molecular flexibility index (Phi) is 3.32. The Hall–Kier alpha value is -1.09. The van der Waals surface area contributed by atoms with Crippen molar-refractivity contribution in [3.05, 3.63) is 20.5 Å². The summed E-state index contributed by atoms with van der Waals surface area (Å²) in [4.78, 5) is 15.7. The zero-order valence-corrected chi connectivity index (χ0v) is 15.0. The summed E-state index contributed by atoms with van der Waals surface area (Å²) in [6, 6.07) is 0. The summed E-state index contributed by atoms with van der Waals surface area (Å²) in [5, 5.41) is 51.7. The molecule has 0 atom stereocenters. The molecule has 10 nitrogen and oxygen atoms in total. The first kappa shape index (κ1) is 17.3. The van der Waals surface area contributed by atoms with E-state index in [4.69, 9.17) is 14.2 Å². The molecule has 4 fully saturated rings. The van der Waals surface area contributed by atoms with E-state index >= 15 is 0 Å². The fourth-order valence-electron chi connectivity index (χ4n) is 3.82. The molecule has 0 radical (unpaired) electrons. The van der Waals surface area contributed by atoms with E-state index in [0.29, 0.717) is 0 Å². The number of nitrogens with zero attached hydrogens (tertiary/aromatic N) is 1. The van der Waals surface area contributed by atoms with Gasteiger partial charge in [-0.25, -0.2) is 9.78 Å². The fraction of sp³-hybridized carbons (Fsp3) is 0.571. The molecule has 3 saturated heterocycles. The lowest BCUT2D eigenvalue weighted by Crippen LogP contribution is -2.75. The van der Waals surface area contributed by atoms with Gasteiger partial charge in [-0.05, 0) is 29.5 Å². The van der Waals surface area contributed by atoms with Gasteiger partial charge in [0.2, 0.25) is 0 Å². The lowest BCUT2D eigenvalue weighted by molar-refractivity contribution is -0.637. The third kappa shape index (κ3) is 2.38. The molecular formula is C14H14INO9. The molecule has 1 aromatic rings. The SMILES string of the molecule is Cc1nc(I)c(C(=O)O)c(C23OC4(O)CC(O)(CC(O)(C4)O2)O3)c1O. The number of aromatic hydroxyl groups is 1. The number of aromatic carboxylic acids is 1. The highest BCUT2D eigenvalue weighted by Crippen LogP contribution is 2.61. The number of aryl methyl sites for hydroxylation is 1. The zero-order valence-electron chi connectivity index (χ0n) is 12.8. The molecule has 4 heterocycles. The van der Waals surface area contributed by atoms with Gasteiger partial charge in [0, 0.05) is 0 Å². The molecule has 1 saturated carbocycles. The Morgan fingerprint density at radius 2 is 1.52 bits per heavy atom. The summed E-state index contributed by atoms with van der Waals surface area (Å²) < 4.78 is 16.3. The largest absolute Gasteiger partial charge is 0.505 e. The van der Waals surface area contributed by atoms with E-state index in [0.717, 1.165) is 0 Å². The molecule has 1 aliphatic carbocycles. The van der Waals surface area contributed by atoms with Gasteiger partial charge in [-0.2, -0.15) is 0 Å². The van der Waals surface area contributed by atoms with Crippen LogP contribution in [0.5, 0.6) is 5.75 Å². The van der Waals surface area contributed by atoms with Gasteiger partial charge in [0.25, 0.3) is 0 Å². The van der Waals surface area contributed by atoms with Crippen LogP contribution in [0.2, 0.25) is 0 Å². The van der Waals surface area contributed by atoms with Crippen LogP contribution in [0.1, 0.15) is 40.9 Å². The van der Waals surface area contributed by atoms with Crippen LogP contribution in [-0.2, 0) is 20.2 Å². The van der Waals surface area contributed by atoms with Crippen molar-refractivity contribution in [2.45, 2.75) is 49.5 Å². The minimum absolute atomic E-state index is 0.00733. The quantitative estimate of drug-likeness (QED) is 0.292. The molecule has 1 aromatic heterocycles. The Morgan fingerprint density at radius 1 is 1.08 bits per heavy atom. The summed E-state index contributed by atoms with van der Waals surface area (Å²) in [6.45, 7) is 1.42. The first-order valence-corrected chi connectivity index (χ1v) is 8.38. The molecule has 5 N–H and O–H groups in total. The maximum absolute atomic E-state index is 11.7. The Bertz CT molecular complexity index is 758. The number of hydrogen-bond acceptors (Lipinski definition) is 9. The number of rotatable bonds is 2. The molecule has 11 heteroatoms. The summed E-state index contributed by atoms with van der Waals surface area (Å²) in [5.41, 5.74) is -0.908. The fourth-order valence-corrected chi connectivity index (χ4v) is 4.68. The maximum Gasteiger partial charge on any atom is 0.339 e. The Balaban J connectivity index is 2.01. The standard InChI is InChI=1S/C14H14INO9/c1-5-8(17)7(6(10(18)19)9(15)16-5)14-23-11(20)2-12(21,24-14)4-13(22,3-11)25-14/h17,20-22H,2-4H2,1H3,(H,18,19). The van der Waals surface area contributed by atoms with Gasteiger partial charge in [-0.1, -0.05) is 0 Å². The highest BCUT2D eigenvalue weighted by molar-refractivity contribution is 14.1. The molecular weight excluding hydrogens is 453 g/mol. The molecule has 0 spiro atoms. The molecule has 25 heavy (non-hydrogen) atoms. The van der Waals surface area contributed by atoms with Crippen molar-refractivity contribution in [1.29, 1.82) is 0 Å². The highest BCUT2D eigenvalue weighted by Gasteiger charge is 2.73. The normalized spacial score (nSPS) is 42.0. The van der Waals surface area contributed by atoms with Crippen molar-refractivity contribution in [2.75, 3.05) is 0 Å². The van der Waals surface area contributed by atoms with Crippen LogP contribution in [0.25, 0.3) is 0 Å². The third-order valence-electron chi connectivity index (χ3n) is 4.45. The first-order chi connectivity index (χ1) is 11.4. The van der Waals surface area contributed by atoms with Crippen molar-refractivity contribution in [3.8, 4) is 5.75 Å². The number of hydrogen-bond donors (Lipinski definition) is 5. The number of carboxylic acid groups (broad SMARTS) is 1. The molecule has 0 aromatic carbocycles. The lowest BCUT2D eigenvalue weighted by Gasteiger charge is -2.63. The van der Waals surface area contributed by atoms with Gasteiger partial charge in [0.1, 0.15) is 20.6 Å². The van der Waals surface area contributed by atoms with Gasteiger partial charge in [0.15, 0.2) is 17.4 Å². The van der Waals surface area contributed by atoms with Gasteiger partial charge in [-0.3, -0.25) is 14.2 Å². The highest BCUT2D eigenvalue weighted by atomic mass is 127. The number of carbonyl (C=O) groups is 1. The number of aromatic nitrogens is 1. The molecule has 3 aliphatic heterocycles. The van der Waals surface area contributed by atoms with E-state index in [2.05, 4.69) is 4.98 Å². The second kappa shape index (κ2) is 4.79. The van der Waals surface area contributed by atoms with E-state index in [1.54, 1.807) is 22.6 Å². The third-order valence-corrected chi connectivity index (χ3v) is 5.23. The van der Waals surface area contributed by atoms with Crippen molar-refractivity contribution in [2.24, 2.45) is 0 Å². The van der Waals surface area contributed by atoms with E-state index in [1.807, 2.05) is 0 Å². The lowest BCUT2D eigenvalue weighted by atomic mass is 9.80. The summed E-state index contributed by atoms with van der Waals surface area (Å²) in [7, 11) is 0. The van der Waals surface area contributed by atoms with Crippen LogP contribution < -0.4 is 0 Å². The summed E-state index contributed by atoms with van der Waals surface area (Å²) in [5.74, 6) is -10.6.